The second-order valence-corrected chi connectivity index (χ2v) is 7.10. The summed E-state index contributed by atoms with van der Waals surface area (Å²) in [4.78, 5) is 27.1. The van der Waals surface area contributed by atoms with Crippen LogP contribution in [0, 0.1) is 6.92 Å². The molecule has 30 heavy (non-hydrogen) atoms. The number of aryl methyl sites for hydroxylation is 1. The maximum Gasteiger partial charge on any atom is 0.265 e. The third-order valence-electron chi connectivity index (χ3n) is 4.79. The van der Waals surface area contributed by atoms with Crippen molar-refractivity contribution in [2.45, 2.75) is 26.4 Å². The second-order valence-electron chi connectivity index (χ2n) is 7.10. The fraction of sp³-hybridized carbons (Fsp3) is 0.200. The molecule has 1 N–H and O–H groups in total. The van der Waals surface area contributed by atoms with E-state index in [9.17, 15) is 9.59 Å². The summed E-state index contributed by atoms with van der Waals surface area (Å²) in [6, 6.07) is 23.9. The lowest BCUT2D eigenvalue weighted by molar-refractivity contribution is -0.122. The molecule has 0 aromatic heterocycles. The molecule has 0 aliphatic carbocycles. The summed E-state index contributed by atoms with van der Waals surface area (Å²) in [5.41, 5.74) is 2.97. The Bertz CT molecular complexity index is 1000. The van der Waals surface area contributed by atoms with Crippen LogP contribution in [0.15, 0.2) is 78.9 Å². The zero-order valence-corrected chi connectivity index (χ0v) is 17.5. The first kappa shape index (κ1) is 21.1. The molecule has 3 aromatic carbocycles. The van der Waals surface area contributed by atoms with Crippen molar-refractivity contribution in [1.29, 1.82) is 0 Å². The molecule has 0 spiro atoms. The molecular formula is C25H26N2O3. The number of rotatable bonds is 7. The highest BCUT2D eigenvalue weighted by atomic mass is 16.5. The molecule has 1 unspecified atom stereocenters. The highest BCUT2D eigenvalue weighted by Gasteiger charge is 2.20. The van der Waals surface area contributed by atoms with E-state index in [0.29, 0.717) is 23.4 Å². The van der Waals surface area contributed by atoms with Gasteiger partial charge < -0.3 is 15.0 Å². The van der Waals surface area contributed by atoms with E-state index in [2.05, 4.69) is 5.32 Å². The highest BCUT2D eigenvalue weighted by molar-refractivity contribution is 6.06. The Balaban J connectivity index is 1.69. The van der Waals surface area contributed by atoms with Crippen molar-refractivity contribution in [1.82, 2.24) is 0 Å². The first-order valence-corrected chi connectivity index (χ1v) is 9.95. The Morgan fingerprint density at radius 3 is 2.33 bits per heavy atom. The molecular weight excluding hydrogens is 376 g/mol. The summed E-state index contributed by atoms with van der Waals surface area (Å²) >= 11 is 0. The van der Waals surface area contributed by atoms with Crippen molar-refractivity contribution in [3.63, 3.8) is 0 Å². The minimum Gasteiger partial charge on any atom is -0.481 e. The van der Waals surface area contributed by atoms with Crippen LogP contribution >= 0.6 is 0 Å². The number of nitrogens with zero attached hydrogens (tertiary/aromatic N) is 1. The summed E-state index contributed by atoms with van der Waals surface area (Å²) in [6.45, 7) is 3.89. The van der Waals surface area contributed by atoms with E-state index in [4.69, 9.17) is 4.74 Å². The first-order valence-electron chi connectivity index (χ1n) is 9.95. The van der Waals surface area contributed by atoms with Crippen molar-refractivity contribution >= 4 is 23.2 Å². The molecule has 0 aliphatic rings. The number of nitrogens with one attached hydrogen (secondary N) is 1. The van der Waals surface area contributed by atoms with E-state index >= 15 is 0 Å². The maximum atomic E-state index is 12.8. The van der Waals surface area contributed by atoms with Crippen LogP contribution in [0.5, 0.6) is 5.75 Å². The fourth-order valence-corrected chi connectivity index (χ4v) is 3.02. The molecule has 0 fully saturated rings. The number of ether oxygens (including phenoxy) is 1. The number of hydrogen-bond donors (Lipinski definition) is 1. The third kappa shape index (κ3) is 5.26. The van der Waals surface area contributed by atoms with E-state index in [0.717, 1.165) is 11.3 Å². The minimum absolute atomic E-state index is 0.153. The number of amides is 2. The van der Waals surface area contributed by atoms with Crippen molar-refractivity contribution in [2.75, 3.05) is 17.3 Å². The topological polar surface area (TPSA) is 58.6 Å². The van der Waals surface area contributed by atoms with Crippen LogP contribution in [0.3, 0.4) is 0 Å². The molecule has 2 amide bonds. The minimum atomic E-state index is -0.626. The summed E-state index contributed by atoms with van der Waals surface area (Å²) < 4.78 is 5.84. The van der Waals surface area contributed by atoms with Crippen molar-refractivity contribution in [3.05, 3.63) is 90.0 Å². The highest BCUT2D eigenvalue weighted by Crippen LogP contribution is 2.19. The predicted octanol–water partition coefficient (Wildman–Crippen LogP) is 5.07. The van der Waals surface area contributed by atoms with Gasteiger partial charge in [-0.25, -0.2) is 0 Å². The molecule has 154 valence electrons. The SMILES string of the molecule is CCC(Oc1ccc(C)cc1)C(=O)Nc1cccc(C(=O)N(C)c2ccccc2)c1. The summed E-state index contributed by atoms with van der Waals surface area (Å²) in [5, 5.41) is 2.86. The van der Waals surface area contributed by atoms with Crippen LogP contribution in [-0.2, 0) is 4.79 Å². The Hall–Kier alpha value is -3.60. The van der Waals surface area contributed by atoms with Gasteiger partial charge in [0.05, 0.1) is 0 Å². The lowest BCUT2D eigenvalue weighted by atomic mass is 10.1. The van der Waals surface area contributed by atoms with Gasteiger partial charge in [0, 0.05) is 24.0 Å². The molecule has 5 nitrogen and oxygen atoms in total. The van der Waals surface area contributed by atoms with Crippen LogP contribution in [-0.4, -0.2) is 25.0 Å². The average molecular weight is 402 g/mol. The average Bonchev–Trinajstić information content (AvgIpc) is 2.78. The van der Waals surface area contributed by atoms with Gasteiger partial charge in [-0.1, -0.05) is 48.9 Å². The zero-order valence-electron chi connectivity index (χ0n) is 17.5. The van der Waals surface area contributed by atoms with E-state index in [-0.39, 0.29) is 11.8 Å². The smallest absolute Gasteiger partial charge is 0.265 e. The zero-order chi connectivity index (χ0) is 21.5. The molecule has 0 radical (unpaired) electrons. The molecule has 0 heterocycles. The lowest BCUT2D eigenvalue weighted by Gasteiger charge is -2.19. The number of hydrogen-bond acceptors (Lipinski definition) is 3. The van der Waals surface area contributed by atoms with Gasteiger partial charge in [-0.15, -0.1) is 0 Å². The third-order valence-corrected chi connectivity index (χ3v) is 4.79. The van der Waals surface area contributed by atoms with E-state index < -0.39 is 6.10 Å². The summed E-state index contributed by atoms with van der Waals surface area (Å²) in [7, 11) is 1.73. The van der Waals surface area contributed by atoms with Gasteiger partial charge in [0.1, 0.15) is 5.75 Å². The van der Waals surface area contributed by atoms with Gasteiger partial charge in [0.25, 0.3) is 11.8 Å². The van der Waals surface area contributed by atoms with Gasteiger partial charge in [-0.3, -0.25) is 9.59 Å². The van der Waals surface area contributed by atoms with Crippen LogP contribution in [0.25, 0.3) is 0 Å². The van der Waals surface area contributed by atoms with Crippen LogP contribution in [0.2, 0.25) is 0 Å². The van der Waals surface area contributed by atoms with E-state index in [1.807, 2.05) is 68.4 Å². The van der Waals surface area contributed by atoms with Gasteiger partial charge in [-0.05, 0) is 55.8 Å². The fourth-order valence-electron chi connectivity index (χ4n) is 3.02. The monoisotopic (exact) mass is 402 g/mol. The molecule has 3 aromatic rings. The van der Waals surface area contributed by atoms with Gasteiger partial charge in [0.15, 0.2) is 6.10 Å². The Labute approximate surface area is 177 Å². The number of para-hydroxylation sites is 1. The van der Waals surface area contributed by atoms with Gasteiger partial charge in [-0.2, -0.15) is 0 Å². The predicted molar refractivity (Wildman–Crippen MR) is 120 cm³/mol. The number of carbonyl (C=O) groups excluding carboxylic acids is 2. The van der Waals surface area contributed by atoms with E-state index in [1.54, 1.807) is 36.2 Å². The Morgan fingerprint density at radius 2 is 1.67 bits per heavy atom. The first-order chi connectivity index (χ1) is 14.5. The molecule has 0 bridgehead atoms. The summed E-state index contributed by atoms with van der Waals surface area (Å²) in [6.07, 6.45) is -0.103. The quantitative estimate of drug-likeness (QED) is 0.600. The van der Waals surface area contributed by atoms with Crippen molar-refractivity contribution in [2.24, 2.45) is 0 Å². The maximum absolute atomic E-state index is 12.8. The number of carbonyl (C=O) groups is 2. The summed E-state index contributed by atoms with van der Waals surface area (Å²) in [5.74, 6) is 0.246. The van der Waals surface area contributed by atoms with Crippen LogP contribution in [0.1, 0.15) is 29.3 Å². The molecule has 0 saturated carbocycles. The van der Waals surface area contributed by atoms with Crippen molar-refractivity contribution in [3.8, 4) is 5.75 Å². The standard InChI is InChI=1S/C25H26N2O3/c1-4-23(30-22-15-13-18(2)14-16-22)24(28)26-20-10-8-9-19(17-20)25(29)27(3)21-11-6-5-7-12-21/h5-17,23H,4H2,1-3H3,(H,26,28). The molecule has 5 heteroatoms. The Kier molecular flexibility index (Phi) is 6.86. The molecule has 0 aliphatic heterocycles. The van der Waals surface area contributed by atoms with Crippen LogP contribution in [0.4, 0.5) is 11.4 Å². The van der Waals surface area contributed by atoms with Crippen molar-refractivity contribution < 1.29 is 14.3 Å². The van der Waals surface area contributed by atoms with Crippen LogP contribution < -0.4 is 15.0 Å². The number of anilines is 2. The largest absolute Gasteiger partial charge is 0.481 e. The molecule has 3 rings (SSSR count). The van der Waals surface area contributed by atoms with Gasteiger partial charge in [0.2, 0.25) is 0 Å². The normalized spacial score (nSPS) is 11.4. The molecule has 0 saturated heterocycles. The lowest BCUT2D eigenvalue weighted by Crippen LogP contribution is -2.32. The second kappa shape index (κ2) is 9.74. The molecule has 1 atom stereocenters. The van der Waals surface area contributed by atoms with E-state index in [1.165, 1.54) is 0 Å². The Morgan fingerprint density at radius 1 is 0.967 bits per heavy atom. The number of benzene rings is 3. The van der Waals surface area contributed by atoms with Gasteiger partial charge >= 0.3 is 0 Å².